The fourth-order valence-corrected chi connectivity index (χ4v) is 2.67. The number of rotatable bonds is 8. The lowest BCUT2D eigenvalue weighted by Crippen LogP contribution is -2.18. The molecule has 1 aromatic heterocycles. The minimum absolute atomic E-state index is 0.0560. The zero-order chi connectivity index (χ0) is 21.7. The van der Waals surface area contributed by atoms with Gasteiger partial charge in [-0.1, -0.05) is 6.92 Å². The second-order valence-electron chi connectivity index (χ2n) is 6.42. The fraction of sp³-hybridized carbons (Fsp3) is 0.238. The number of hydrogen-bond donors (Lipinski definition) is 1. The van der Waals surface area contributed by atoms with E-state index in [4.69, 9.17) is 14.2 Å². The third-order valence-electron chi connectivity index (χ3n) is 4.03. The second-order valence-corrected chi connectivity index (χ2v) is 6.42. The number of nitrogens with one attached hydrogen (secondary N) is 1. The first-order valence-electron chi connectivity index (χ1n) is 9.15. The first kappa shape index (κ1) is 21.3. The van der Waals surface area contributed by atoms with E-state index in [2.05, 4.69) is 10.4 Å². The average Bonchev–Trinajstić information content (AvgIpc) is 3.09. The molecule has 1 atom stereocenters. The summed E-state index contributed by atoms with van der Waals surface area (Å²) in [7, 11) is 3.22. The van der Waals surface area contributed by atoms with Crippen LogP contribution in [0.4, 0.5) is 14.6 Å². The van der Waals surface area contributed by atoms with Crippen molar-refractivity contribution in [2.75, 3.05) is 12.4 Å². The highest BCUT2D eigenvalue weighted by molar-refractivity contribution is 6.04. The number of nitrogens with zero attached hydrogens (tertiary/aromatic N) is 2. The summed E-state index contributed by atoms with van der Waals surface area (Å²) in [6, 6.07) is 8.90. The van der Waals surface area contributed by atoms with Gasteiger partial charge in [0.25, 0.3) is 5.91 Å². The number of carbonyl (C=O) groups is 1. The van der Waals surface area contributed by atoms with Crippen LogP contribution in [0.15, 0.2) is 48.7 Å². The molecule has 1 unspecified atom stereocenters. The zero-order valence-electron chi connectivity index (χ0n) is 16.7. The third kappa shape index (κ3) is 5.54. The van der Waals surface area contributed by atoms with Crippen molar-refractivity contribution in [3.63, 3.8) is 0 Å². The van der Waals surface area contributed by atoms with Gasteiger partial charge in [-0.2, -0.15) is 5.10 Å². The molecule has 0 aliphatic rings. The van der Waals surface area contributed by atoms with Crippen molar-refractivity contribution < 1.29 is 27.8 Å². The van der Waals surface area contributed by atoms with E-state index >= 15 is 0 Å². The van der Waals surface area contributed by atoms with E-state index in [1.807, 2.05) is 6.92 Å². The number of carbonyl (C=O) groups excluding carboxylic acids is 1. The van der Waals surface area contributed by atoms with Gasteiger partial charge in [-0.15, -0.1) is 0 Å². The lowest BCUT2D eigenvalue weighted by atomic mass is 10.2. The highest BCUT2D eigenvalue weighted by Crippen LogP contribution is 2.29. The van der Waals surface area contributed by atoms with Gasteiger partial charge in [0.1, 0.15) is 28.9 Å². The summed E-state index contributed by atoms with van der Waals surface area (Å²) < 4.78 is 45.1. The molecule has 0 saturated carbocycles. The number of ether oxygens (including phenoxy) is 3. The highest BCUT2D eigenvalue weighted by Gasteiger charge is 2.15. The summed E-state index contributed by atoms with van der Waals surface area (Å²) in [6.45, 7) is 1.87. The van der Waals surface area contributed by atoms with Crippen molar-refractivity contribution >= 4 is 11.7 Å². The Morgan fingerprint density at radius 3 is 2.37 bits per heavy atom. The van der Waals surface area contributed by atoms with Crippen LogP contribution in [-0.4, -0.2) is 29.1 Å². The van der Waals surface area contributed by atoms with Gasteiger partial charge in [-0.25, -0.2) is 8.78 Å². The van der Waals surface area contributed by atoms with Gasteiger partial charge in [-0.3, -0.25) is 9.48 Å². The summed E-state index contributed by atoms with van der Waals surface area (Å²) in [5.74, 6) is -1.25. The topological polar surface area (TPSA) is 74.6 Å². The molecular formula is C21H21F2N3O4. The molecule has 7 nitrogen and oxygen atoms in total. The average molecular weight is 417 g/mol. The molecule has 1 N–H and O–H groups in total. The Bertz CT molecular complexity index is 1010. The Labute approximate surface area is 172 Å². The predicted octanol–water partition coefficient (Wildman–Crippen LogP) is 4.50. The first-order valence-corrected chi connectivity index (χ1v) is 9.15. The molecule has 1 heterocycles. The van der Waals surface area contributed by atoms with Crippen LogP contribution in [-0.2, 0) is 11.8 Å². The van der Waals surface area contributed by atoms with Gasteiger partial charge in [-0.05, 0) is 12.1 Å². The Balaban J connectivity index is 1.91. The molecule has 0 bridgehead atoms. The minimum atomic E-state index is -0.782. The van der Waals surface area contributed by atoms with Crippen LogP contribution < -0.4 is 14.8 Å². The first-order chi connectivity index (χ1) is 14.4. The second kappa shape index (κ2) is 9.36. The number of anilines is 1. The lowest BCUT2D eigenvalue weighted by molar-refractivity contribution is -0.0549. The molecule has 158 valence electrons. The fourth-order valence-electron chi connectivity index (χ4n) is 2.67. The summed E-state index contributed by atoms with van der Waals surface area (Å²) in [6.07, 6.45) is 1.71. The molecule has 2 aromatic carbocycles. The Kier molecular flexibility index (Phi) is 6.63. The van der Waals surface area contributed by atoms with Crippen LogP contribution in [0.2, 0.25) is 0 Å². The largest absolute Gasteiger partial charge is 0.465 e. The van der Waals surface area contributed by atoms with Crippen LogP contribution in [0.1, 0.15) is 23.7 Å². The van der Waals surface area contributed by atoms with Crippen molar-refractivity contribution in [1.29, 1.82) is 0 Å². The van der Waals surface area contributed by atoms with Crippen molar-refractivity contribution in [1.82, 2.24) is 9.78 Å². The van der Waals surface area contributed by atoms with Crippen LogP contribution >= 0.6 is 0 Å². The smallest absolute Gasteiger partial charge is 0.257 e. The molecule has 0 saturated heterocycles. The van der Waals surface area contributed by atoms with Gasteiger partial charge < -0.3 is 19.5 Å². The highest BCUT2D eigenvalue weighted by atomic mass is 19.1. The van der Waals surface area contributed by atoms with Crippen LogP contribution in [0.25, 0.3) is 0 Å². The number of amides is 1. The number of methoxy groups -OCH3 is 1. The van der Waals surface area contributed by atoms with E-state index in [0.717, 1.165) is 18.2 Å². The minimum Gasteiger partial charge on any atom is -0.465 e. The van der Waals surface area contributed by atoms with Crippen LogP contribution in [0, 0.1) is 11.6 Å². The summed E-state index contributed by atoms with van der Waals surface area (Å²) >= 11 is 0. The maximum atomic E-state index is 13.5. The standard InChI is InChI=1S/C21H21F2N3O4/c1-4-20(28-3)30-17-8-13(21(27)24-19-5-6-26(2)25-19)7-16(12-17)29-18-10-14(22)9-15(23)11-18/h5-12,20H,4H2,1-3H3,(H,24,25,27). The van der Waals surface area contributed by atoms with Crippen molar-refractivity contribution in [2.24, 2.45) is 7.05 Å². The monoisotopic (exact) mass is 417 g/mol. The van der Waals surface area contributed by atoms with E-state index in [0.29, 0.717) is 18.0 Å². The molecule has 3 rings (SSSR count). The van der Waals surface area contributed by atoms with Crippen LogP contribution in [0.3, 0.4) is 0 Å². The molecule has 9 heteroatoms. The number of benzene rings is 2. The SMILES string of the molecule is CCC(OC)Oc1cc(Oc2cc(F)cc(F)c2)cc(C(=O)Nc2ccn(C)n2)c1. The van der Waals surface area contributed by atoms with Gasteiger partial charge in [0, 0.05) is 62.7 Å². The van der Waals surface area contributed by atoms with Gasteiger partial charge in [0.05, 0.1) is 0 Å². The zero-order valence-corrected chi connectivity index (χ0v) is 16.7. The normalized spacial score (nSPS) is 11.8. The molecule has 0 fully saturated rings. The van der Waals surface area contributed by atoms with Crippen molar-refractivity contribution in [2.45, 2.75) is 19.6 Å². The van der Waals surface area contributed by atoms with E-state index in [9.17, 15) is 13.6 Å². The van der Waals surface area contributed by atoms with Crippen molar-refractivity contribution in [3.8, 4) is 17.2 Å². The molecule has 3 aromatic rings. The Morgan fingerprint density at radius 1 is 1.10 bits per heavy atom. The maximum absolute atomic E-state index is 13.5. The van der Waals surface area contributed by atoms with E-state index < -0.39 is 23.8 Å². The molecule has 0 radical (unpaired) electrons. The van der Waals surface area contributed by atoms with Crippen LogP contribution in [0.5, 0.6) is 17.2 Å². The van der Waals surface area contributed by atoms with E-state index in [-0.39, 0.29) is 17.1 Å². The number of aryl methyl sites for hydroxylation is 1. The Morgan fingerprint density at radius 2 is 1.77 bits per heavy atom. The quantitative estimate of drug-likeness (QED) is 0.546. The van der Waals surface area contributed by atoms with E-state index in [1.54, 1.807) is 24.0 Å². The lowest BCUT2D eigenvalue weighted by Gasteiger charge is -2.17. The summed E-state index contributed by atoms with van der Waals surface area (Å²) in [4.78, 5) is 12.7. The molecule has 0 aliphatic heterocycles. The van der Waals surface area contributed by atoms with Gasteiger partial charge in [0.2, 0.25) is 0 Å². The molecule has 0 spiro atoms. The molecule has 1 amide bonds. The number of hydrogen-bond acceptors (Lipinski definition) is 5. The number of aromatic nitrogens is 2. The van der Waals surface area contributed by atoms with E-state index in [1.165, 1.54) is 25.3 Å². The number of halogens is 2. The summed E-state index contributed by atoms with van der Waals surface area (Å²) in [5, 5.41) is 6.77. The molecule has 30 heavy (non-hydrogen) atoms. The van der Waals surface area contributed by atoms with Gasteiger partial charge in [0.15, 0.2) is 12.1 Å². The maximum Gasteiger partial charge on any atom is 0.257 e. The Hall–Kier alpha value is -3.46. The van der Waals surface area contributed by atoms with Crippen molar-refractivity contribution in [3.05, 3.63) is 65.9 Å². The summed E-state index contributed by atoms with van der Waals surface area (Å²) in [5.41, 5.74) is 0.205. The van der Waals surface area contributed by atoms with Gasteiger partial charge >= 0.3 is 0 Å². The molecule has 0 aliphatic carbocycles. The predicted molar refractivity (Wildman–Crippen MR) is 106 cm³/mol. The third-order valence-corrected chi connectivity index (χ3v) is 4.03. The molecular weight excluding hydrogens is 396 g/mol.